The van der Waals surface area contributed by atoms with Crippen LogP contribution in [-0.4, -0.2) is 52.1 Å². The van der Waals surface area contributed by atoms with E-state index < -0.39 is 17.3 Å². The third kappa shape index (κ3) is 3.50. The molecule has 0 unspecified atom stereocenters. The molecule has 1 spiro atoms. The van der Waals surface area contributed by atoms with Crippen molar-refractivity contribution in [2.24, 2.45) is 22.2 Å². The van der Waals surface area contributed by atoms with Crippen LogP contribution in [0.2, 0.25) is 0 Å². The largest absolute Gasteiger partial charge is 0.390 e. The number of aliphatic hydroxyl groups is 1. The highest BCUT2D eigenvalue weighted by molar-refractivity contribution is 5.86. The van der Waals surface area contributed by atoms with Crippen molar-refractivity contribution in [2.75, 3.05) is 0 Å². The second-order valence-corrected chi connectivity index (χ2v) is 14.6. The van der Waals surface area contributed by atoms with Gasteiger partial charge in [-0.1, -0.05) is 27.7 Å². The van der Waals surface area contributed by atoms with Crippen LogP contribution in [0.4, 0.5) is 0 Å². The van der Waals surface area contributed by atoms with Gasteiger partial charge in [0.1, 0.15) is 5.60 Å². The summed E-state index contributed by atoms with van der Waals surface area (Å²) in [5.74, 6) is 0.661. The molecule has 3 heterocycles. The molecule has 5 nitrogen and oxygen atoms in total. The minimum Gasteiger partial charge on any atom is -0.390 e. The third-order valence-electron chi connectivity index (χ3n) is 12.3. The van der Waals surface area contributed by atoms with E-state index in [2.05, 4.69) is 27.7 Å². The van der Waals surface area contributed by atoms with Crippen molar-refractivity contribution in [1.29, 1.82) is 0 Å². The molecule has 0 aromatic rings. The van der Waals surface area contributed by atoms with Gasteiger partial charge in [-0.25, -0.2) is 0 Å². The van der Waals surface area contributed by atoms with Crippen molar-refractivity contribution in [1.82, 2.24) is 0 Å². The normalized spacial score (nSPS) is 53.6. The molecule has 5 rings (SSSR count). The topological polar surface area (TPSA) is 65.0 Å². The maximum Gasteiger partial charge on any atom is 0.164 e. The molecule has 0 aromatic heterocycles. The first-order chi connectivity index (χ1) is 16.1. The number of Topliss-reactive ketones (excluding diaryl/α,β-unsaturated/α-hetero) is 1. The van der Waals surface area contributed by atoms with Crippen LogP contribution < -0.4 is 0 Å². The minimum atomic E-state index is -0.717. The molecule has 2 aliphatic carbocycles. The summed E-state index contributed by atoms with van der Waals surface area (Å²) in [6.45, 7) is 17.6. The number of fused-ring (bicyclic) bond motifs is 3. The molecule has 0 aromatic carbocycles. The van der Waals surface area contributed by atoms with Crippen molar-refractivity contribution in [3.05, 3.63) is 0 Å². The third-order valence-corrected chi connectivity index (χ3v) is 12.3. The first kappa shape index (κ1) is 26.1. The van der Waals surface area contributed by atoms with Crippen LogP contribution in [0.15, 0.2) is 0 Å². The van der Waals surface area contributed by atoms with Gasteiger partial charge >= 0.3 is 0 Å². The first-order valence-corrected chi connectivity index (χ1v) is 14.4. The second kappa shape index (κ2) is 8.01. The van der Waals surface area contributed by atoms with E-state index in [-0.39, 0.29) is 45.9 Å². The Bertz CT molecular complexity index is 867. The fourth-order valence-corrected chi connectivity index (χ4v) is 9.19. The van der Waals surface area contributed by atoms with Crippen LogP contribution in [-0.2, 0) is 19.0 Å². The van der Waals surface area contributed by atoms with Gasteiger partial charge in [-0.05, 0) is 91.4 Å². The predicted octanol–water partition coefficient (Wildman–Crippen LogP) is 5.99. The number of carbonyl (C=O) groups excluding carboxylic acids is 1. The van der Waals surface area contributed by atoms with E-state index in [4.69, 9.17) is 14.2 Å². The van der Waals surface area contributed by atoms with Gasteiger partial charge in [0.25, 0.3) is 0 Å². The molecule has 0 amide bonds. The average molecular weight is 491 g/mol. The van der Waals surface area contributed by atoms with Crippen LogP contribution in [0, 0.1) is 22.2 Å². The number of hydrogen-bond donors (Lipinski definition) is 1. The second-order valence-electron chi connectivity index (χ2n) is 14.6. The zero-order chi connectivity index (χ0) is 25.7. The molecule has 35 heavy (non-hydrogen) atoms. The van der Waals surface area contributed by atoms with Crippen LogP contribution in [0.3, 0.4) is 0 Å². The van der Waals surface area contributed by atoms with Gasteiger partial charge in [-0.2, -0.15) is 0 Å². The fourth-order valence-electron chi connectivity index (χ4n) is 9.19. The summed E-state index contributed by atoms with van der Waals surface area (Å²) in [5, 5.41) is 10.8. The molecule has 0 radical (unpaired) electrons. The number of carbonyl (C=O) groups is 1. The highest BCUT2D eigenvalue weighted by atomic mass is 16.5. The van der Waals surface area contributed by atoms with Crippen molar-refractivity contribution in [3.63, 3.8) is 0 Å². The van der Waals surface area contributed by atoms with Crippen LogP contribution >= 0.6 is 0 Å². The van der Waals surface area contributed by atoms with Gasteiger partial charge in [-0.3, -0.25) is 4.79 Å². The highest BCUT2D eigenvalue weighted by Crippen LogP contribution is 2.67. The first-order valence-electron chi connectivity index (χ1n) is 14.4. The van der Waals surface area contributed by atoms with Crippen LogP contribution in [0.1, 0.15) is 120 Å². The minimum absolute atomic E-state index is 0.00892. The lowest BCUT2D eigenvalue weighted by Gasteiger charge is -2.58. The van der Waals surface area contributed by atoms with Gasteiger partial charge < -0.3 is 19.3 Å². The number of ether oxygens (including phenoxy) is 3. The molecule has 200 valence electrons. The van der Waals surface area contributed by atoms with E-state index in [1.54, 1.807) is 0 Å². The maximum atomic E-state index is 12.9. The fraction of sp³-hybridized carbons (Fsp3) is 0.967. The summed E-state index contributed by atoms with van der Waals surface area (Å²) in [4.78, 5) is 12.9. The molecule has 5 fully saturated rings. The molecule has 3 saturated heterocycles. The summed E-state index contributed by atoms with van der Waals surface area (Å²) >= 11 is 0. The van der Waals surface area contributed by atoms with Gasteiger partial charge in [0, 0.05) is 22.7 Å². The molecule has 2 saturated carbocycles. The van der Waals surface area contributed by atoms with Gasteiger partial charge in [0.05, 0.1) is 35.6 Å². The van der Waals surface area contributed by atoms with E-state index >= 15 is 0 Å². The molecule has 5 heteroatoms. The number of aliphatic hydroxyl groups excluding tert-OH is 1. The lowest BCUT2D eigenvalue weighted by Crippen LogP contribution is -2.61. The Balaban J connectivity index is 1.47. The Kier molecular flexibility index (Phi) is 5.98. The number of hydrogen-bond acceptors (Lipinski definition) is 5. The van der Waals surface area contributed by atoms with Crippen molar-refractivity contribution in [2.45, 2.75) is 161 Å². The zero-order valence-corrected chi connectivity index (χ0v) is 23.5. The van der Waals surface area contributed by atoms with Gasteiger partial charge in [-0.15, -0.1) is 0 Å². The Morgan fingerprint density at radius 1 is 0.686 bits per heavy atom. The summed E-state index contributed by atoms with van der Waals surface area (Å²) in [6, 6.07) is 0. The molecular formula is C30H50O5. The van der Waals surface area contributed by atoms with E-state index in [9.17, 15) is 9.90 Å². The molecule has 9 atom stereocenters. The van der Waals surface area contributed by atoms with Crippen LogP contribution in [0.25, 0.3) is 0 Å². The van der Waals surface area contributed by atoms with Gasteiger partial charge in [0.15, 0.2) is 5.78 Å². The SMILES string of the molecule is C[C@H]1CC[C@@H]2OC(C)(C)C(=O)CC[C@@]2(C)[C@]12CC[C@@H]([C@@]1(C)CC[C@@H]3OC(C)(C)[C@@H](O)CC[C@]31C)O2. The highest BCUT2D eigenvalue weighted by Gasteiger charge is 2.68. The monoisotopic (exact) mass is 490 g/mol. The molecular weight excluding hydrogens is 440 g/mol. The Morgan fingerprint density at radius 3 is 1.94 bits per heavy atom. The predicted molar refractivity (Wildman–Crippen MR) is 136 cm³/mol. The Hall–Kier alpha value is -0.490. The average Bonchev–Trinajstić information content (AvgIpc) is 3.29. The smallest absolute Gasteiger partial charge is 0.164 e. The molecule has 1 N–H and O–H groups in total. The quantitative estimate of drug-likeness (QED) is 0.489. The van der Waals surface area contributed by atoms with E-state index in [0.717, 1.165) is 57.8 Å². The van der Waals surface area contributed by atoms with E-state index in [1.165, 1.54) is 0 Å². The van der Waals surface area contributed by atoms with Crippen LogP contribution in [0.5, 0.6) is 0 Å². The van der Waals surface area contributed by atoms with Crippen molar-refractivity contribution in [3.8, 4) is 0 Å². The van der Waals surface area contributed by atoms with Crippen molar-refractivity contribution >= 4 is 5.78 Å². The van der Waals surface area contributed by atoms with E-state index in [0.29, 0.717) is 12.3 Å². The summed E-state index contributed by atoms with van der Waals surface area (Å²) in [7, 11) is 0. The lowest BCUT2D eigenvalue weighted by molar-refractivity contribution is -0.253. The molecule has 3 aliphatic heterocycles. The summed E-state index contributed by atoms with van der Waals surface area (Å²) < 4.78 is 20.7. The maximum absolute atomic E-state index is 12.9. The Morgan fingerprint density at radius 2 is 1.26 bits per heavy atom. The molecule has 0 bridgehead atoms. The molecule has 5 aliphatic rings. The van der Waals surface area contributed by atoms with E-state index in [1.807, 2.05) is 27.7 Å². The van der Waals surface area contributed by atoms with Crippen molar-refractivity contribution < 1.29 is 24.1 Å². The standard InChI is InChI=1S/C30H50O5/c1-19-9-10-22-29(8,16-12-21(32)25(2,3)33-22)30(19)18-14-24(35-30)28(7)17-13-23-27(28,6)15-11-20(31)26(4,5)34-23/h19-20,22-24,31H,9-18H2,1-8H3/t19-,20-,22-,23-,24-,27+,28+,29+,30-/m0/s1. The van der Waals surface area contributed by atoms with Gasteiger partial charge in [0.2, 0.25) is 0 Å². The number of rotatable bonds is 1. The summed E-state index contributed by atoms with van der Waals surface area (Å²) in [5.41, 5.74) is -1.70. The zero-order valence-electron chi connectivity index (χ0n) is 23.5. The number of ketones is 1. The Labute approximate surface area is 213 Å². The lowest BCUT2D eigenvalue weighted by atomic mass is 9.55. The summed E-state index contributed by atoms with van der Waals surface area (Å²) in [6.07, 6.45) is 9.36.